The fraction of sp³-hybridized carbons (Fsp3) is 0.533. The lowest BCUT2D eigenvalue weighted by Gasteiger charge is -2.39. The summed E-state index contributed by atoms with van der Waals surface area (Å²) >= 11 is 0. The summed E-state index contributed by atoms with van der Waals surface area (Å²) < 4.78 is 28.0. The standard InChI is InChI=1S/C15H20F2N2O2/c1-19(11-5-3-2-4-9(11)8-18)12-7-6-10(15(20)21)13(16)14(12)17/h6-7,9,11H,2-5,8,18H2,1H3,(H,20,21). The maximum absolute atomic E-state index is 14.1. The molecular formula is C15H20F2N2O2. The van der Waals surface area contributed by atoms with Gasteiger partial charge in [-0.3, -0.25) is 0 Å². The fourth-order valence-corrected chi connectivity index (χ4v) is 3.13. The number of benzene rings is 1. The lowest BCUT2D eigenvalue weighted by atomic mass is 9.83. The van der Waals surface area contributed by atoms with Crippen molar-refractivity contribution in [2.24, 2.45) is 11.7 Å². The van der Waals surface area contributed by atoms with Gasteiger partial charge in [-0.2, -0.15) is 0 Å². The van der Waals surface area contributed by atoms with Gasteiger partial charge in [0, 0.05) is 13.1 Å². The van der Waals surface area contributed by atoms with Gasteiger partial charge >= 0.3 is 5.97 Å². The highest BCUT2D eigenvalue weighted by Crippen LogP contribution is 2.32. The van der Waals surface area contributed by atoms with E-state index in [1.165, 1.54) is 6.07 Å². The molecule has 6 heteroatoms. The Morgan fingerprint density at radius 1 is 1.33 bits per heavy atom. The van der Waals surface area contributed by atoms with Crippen LogP contribution >= 0.6 is 0 Å². The van der Waals surface area contributed by atoms with Crippen LogP contribution in [0.25, 0.3) is 0 Å². The third-order valence-corrected chi connectivity index (χ3v) is 4.34. The molecule has 1 aromatic rings. The molecule has 0 amide bonds. The van der Waals surface area contributed by atoms with Crippen molar-refractivity contribution in [1.82, 2.24) is 0 Å². The van der Waals surface area contributed by atoms with Crippen LogP contribution in [0.5, 0.6) is 0 Å². The maximum Gasteiger partial charge on any atom is 0.338 e. The number of hydrogen-bond acceptors (Lipinski definition) is 3. The molecule has 2 unspecified atom stereocenters. The van der Waals surface area contributed by atoms with E-state index in [0.29, 0.717) is 6.54 Å². The maximum atomic E-state index is 14.1. The lowest BCUT2D eigenvalue weighted by molar-refractivity contribution is 0.0690. The van der Waals surface area contributed by atoms with Gasteiger partial charge in [-0.15, -0.1) is 0 Å². The van der Waals surface area contributed by atoms with Gasteiger partial charge in [-0.1, -0.05) is 12.8 Å². The summed E-state index contributed by atoms with van der Waals surface area (Å²) in [5.74, 6) is -3.66. The second-order valence-electron chi connectivity index (χ2n) is 5.52. The molecule has 1 aliphatic carbocycles. The highest BCUT2D eigenvalue weighted by Gasteiger charge is 2.30. The number of anilines is 1. The fourth-order valence-electron chi connectivity index (χ4n) is 3.13. The number of nitrogens with zero attached hydrogens (tertiary/aromatic N) is 1. The molecule has 4 nitrogen and oxygen atoms in total. The van der Waals surface area contributed by atoms with Crippen LogP contribution in [-0.4, -0.2) is 30.7 Å². The van der Waals surface area contributed by atoms with E-state index < -0.39 is 23.2 Å². The number of halogens is 2. The first-order valence-corrected chi connectivity index (χ1v) is 7.11. The Morgan fingerprint density at radius 3 is 2.62 bits per heavy atom. The minimum Gasteiger partial charge on any atom is -0.478 e. The molecule has 2 atom stereocenters. The molecule has 3 N–H and O–H groups in total. The lowest BCUT2D eigenvalue weighted by Crippen LogP contribution is -2.43. The molecule has 116 valence electrons. The molecule has 1 saturated carbocycles. The quantitative estimate of drug-likeness (QED) is 0.896. The Morgan fingerprint density at radius 2 is 2.00 bits per heavy atom. The highest BCUT2D eigenvalue weighted by molar-refractivity contribution is 5.88. The molecular weight excluding hydrogens is 278 g/mol. The number of hydrogen-bond donors (Lipinski definition) is 2. The highest BCUT2D eigenvalue weighted by atomic mass is 19.2. The second-order valence-corrected chi connectivity index (χ2v) is 5.52. The Bertz CT molecular complexity index is 537. The molecule has 1 fully saturated rings. The third kappa shape index (κ3) is 3.00. The van der Waals surface area contributed by atoms with Crippen molar-refractivity contribution in [1.29, 1.82) is 0 Å². The number of carbonyl (C=O) groups is 1. The van der Waals surface area contributed by atoms with Crippen LogP contribution in [-0.2, 0) is 0 Å². The molecule has 2 rings (SSSR count). The van der Waals surface area contributed by atoms with E-state index in [2.05, 4.69) is 0 Å². The van der Waals surface area contributed by atoms with Crippen LogP contribution in [0.4, 0.5) is 14.5 Å². The van der Waals surface area contributed by atoms with Crippen LogP contribution in [0.1, 0.15) is 36.0 Å². The van der Waals surface area contributed by atoms with Gasteiger partial charge in [0.25, 0.3) is 0 Å². The summed E-state index contributed by atoms with van der Waals surface area (Å²) in [6.07, 6.45) is 3.98. The predicted octanol–water partition coefficient (Wildman–Crippen LogP) is 2.62. The zero-order chi connectivity index (χ0) is 15.6. The monoisotopic (exact) mass is 298 g/mol. The number of carboxylic acids is 1. The molecule has 0 heterocycles. The van der Waals surface area contributed by atoms with E-state index in [4.69, 9.17) is 10.8 Å². The molecule has 0 radical (unpaired) electrons. The first-order valence-electron chi connectivity index (χ1n) is 7.11. The first kappa shape index (κ1) is 15.7. The van der Waals surface area contributed by atoms with Crippen molar-refractivity contribution >= 4 is 11.7 Å². The van der Waals surface area contributed by atoms with Crippen molar-refractivity contribution in [3.05, 3.63) is 29.3 Å². The van der Waals surface area contributed by atoms with Crippen molar-refractivity contribution < 1.29 is 18.7 Å². The van der Waals surface area contributed by atoms with E-state index in [0.717, 1.165) is 31.7 Å². The van der Waals surface area contributed by atoms with E-state index >= 15 is 0 Å². The Balaban J connectivity index is 2.32. The molecule has 0 aliphatic heterocycles. The summed E-state index contributed by atoms with van der Waals surface area (Å²) in [5.41, 5.74) is 5.21. The van der Waals surface area contributed by atoms with Crippen molar-refractivity contribution in [3.8, 4) is 0 Å². The molecule has 21 heavy (non-hydrogen) atoms. The number of carboxylic acid groups (broad SMARTS) is 1. The number of rotatable bonds is 4. The van der Waals surface area contributed by atoms with Gasteiger partial charge in [-0.25, -0.2) is 13.6 Å². The van der Waals surface area contributed by atoms with Gasteiger partial charge in [-0.05, 0) is 37.4 Å². The number of nitrogens with two attached hydrogens (primary N) is 1. The van der Waals surface area contributed by atoms with Crippen LogP contribution in [0.2, 0.25) is 0 Å². The second kappa shape index (κ2) is 6.39. The van der Waals surface area contributed by atoms with E-state index in [1.807, 2.05) is 0 Å². The van der Waals surface area contributed by atoms with E-state index in [-0.39, 0.29) is 17.6 Å². The summed E-state index contributed by atoms with van der Waals surface area (Å²) in [4.78, 5) is 12.5. The Labute approximate surface area is 122 Å². The molecule has 0 bridgehead atoms. The largest absolute Gasteiger partial charge is 0.478 e. The van der Waals surface area contributed by atoms with Crippen LogP contribution in [0.3, 0.4) is 0 Å². The molecule has 0 saturated heterocycles. The predicted molar refractivity (Wildman–Crippen MR) is 76.5 cm³/mol. The zero-order valence-corrected chi connectivity index (χ0v) is 12.0. The van der Waals surface area contributed by atoms with Crippen LogP contribution < -0.4 is 10.6 Å². The summed E-state index contributed by atoms with van der Waals surface area (Å²) in [6.45, 7) is 0.506. The molecule has 0 spiro atoms. The third-order valence-electron chi connectivity index (χ3n) is 4.34. The minimum atomic E-state index is -1.47. The van der Waals surface area contributed by atoms with Crippen molar-refractivity contribution in [3.63, 3.8) is 0 Å². The van der Waals surface area contributed by atoms with Crippen LogP contribution in [0.15, 0.2) is 12.1 Å². The average Bonchev–Trinajstić information content (AvgIpc) is 2.48. The topological polar surface area (TPSA) is 66.6 Å². The SMILES string of the molecule is CN(c1ccc(C(=O)O)c(F)c1F)C1CCCCC1CN. The summed E-state index contributed by atoms with van der Waals surface area (Å²) in [7, 11) is 1.71. The van der Waals surface area contributed by atoms with Gasteiger partial charge in [0.05, 0.1) is 11.3 Å². The van der Waals surface area contributed by atoms with Gasteiger partial charge in [0.2, 0.25) is 0 Å². The minimum absolute atomic E-state index is 0.0494. The van der Waals surface area contributed by atoms with Crippen molar-refractivity contribution in [2.45, 2.75) is 31.7 Å². The van der Waals surface area contributed by atoms with Crippen LogP contribution in [0, 0.1) is 17.6 Å². The van der Waals surface area contributed by atoms with Gasteiger partial charge < -0.3 is 15.7 Å². The summed E-state index contributed by atoms with van der Waals surface area (Å²) in [6, 6.07) is 2.48. The van der Waals surface area contributed by atoms with Crippen molar-refractivity contribution in [2.75, 3.05) is 18.5 Å². The number of aromatic carboxylic acids is 1. The summed E-state index contributed by atoms with van der Waals surface area (Å²) in [5, 5.41) is 8.81. The Hall–Kier alpha value is -1.69. The van der Waals surface area contributed by atoms with E-state index in [1.54, 1.807) is 11.9 Å². The van der Waals surface area contributed by atoms with E-state index in [9.17, 15) is 13.6 Å². The Kier molecular flexibility index (Phi) is 4.77. The molecule has 1 aliphatic rings. The first-order chi connectivity index (χ1) is 9.97. The zero-order valence-electron chi connectivity index (χ0n) is 12.0. The van der Waals surface area contributed by atoms with Gasteiger partial charge in [0.15, 0.2) is 11.6 Å². The normalized spacial score (nSPS) is 22.1. The molecule has 0 aromatic heterocycles. The smallest absolute Gasteiger partial charge is 0.338 e. The van der Waals surface area contributed by atoms with Gasteiger partial charge in [0.1, 0.15) is 0 Å². The molecule has 1 aromatic carbocycles. The average molecular weight is 298 g/mol.